The largest absolute Gasteiger partial charge is 0.455 e. The van der Waals surface area contributed by atoms with Gasteiger partial charge in [0.1, 0.15) is 22.9 Å². The molecule has 1 aliphatic carbocycles. The van der Waals surface area contributed by atoms with Crippen LogP contribution in [0.5, 0.6) is 11.5 Å². The van der Waals surface area contributed by atoms with E-state index in [9.17, 15) is 13.2 Å². The highest BCUT2D eigenvalue weighted by molar-refractivity contribution is 7.16. The summed E-state index contributed by atoms with van der Waals surface area (Å²) in [4.78, 5) is 14.0. The van der Waals surface area contributed by atoms with Gasteiger partial charge in [0, 0.05) is 34.5 Å². The zero-order valence-corrected chi connectivity index (χ0v) is 22.6. The number of nitrogens with one attached hydrogen (secondary N) is 1. The van der Waals surface area contributed by atoms with Crippen LogP contribution in [-0.2, 0) is 0 Å². The molecule has 1 aliphatic rings. The number of hydrogen-bond acceptors (Lipinski definition) is 6. The Morgan fingerprint density at radius 1 is 1.07 bits per heavy atom. The molecule has 3 N–H and O–H groups in total. The molecular formula is C30H28F3N5OS. The smallest absolute Gasteiger partial charge is 0.253 e. The van der Waals surface area contributed by atoms with Crippen molar-refractivity contribution in [2.45, 2.75) is 57.2 Å². The van der Waals surface area contributed by atoms with Crippen molar-refractivity contribution in [3.63, 3.8) is 0 Å². The molecule has 6 nitrogen and oxygen atoms in total. The molecule has 0 amide bonds. The summed E-state index contributed by atoms with van der Waals surface area (Å²) in [6, 6.07) is 15.4. The van der Waals surface area contributed by atoms with Gasteiger partial charge in [0.2, 0.25) is 0 Å². The van der Waals surface area contributed by atoms with Crippen molar-refractivity contribution in [1.82, 2.24) is 15.3 Å². The predicted octanol–water partition coefficient (Wildman–Crippen LogP) is 7.19. The lowest BCUT2D eigenvalue weighted by Gasteiger charge is -2.29. The van der Waals surface area contributed by atoms with Crippen LogP contribution in [0.25, 0.3) is 32.0 Å². The van der Waals surface area contributed by atoms with E-state index in [1.54, 1.807) is 11.6 Å². The van der Waals surface area contributed by atoms with Gasteiger partial charge in [0.25, 0.3) is 6.43 Å². The Kier molecular flexibility index (Phi) is 7.29. The molecule has 0 radical (unpaired) electrons. The highest BCUT2D eigenvalue weighted by atomic mass is 32.1. The number of nitrogens with zero attached hydrogens (tertiary/aromatic N) is 3. The van der Waals surface area contributed by atoms with Crippen LogP contribution in [0.1, 0.15) is 38.2 Å². The van der Waals surface area contributed by atoms with Crippen molar-refractivity contribution in [1.29, 1.82) is 0 Å². The molecule has 3 aromatic carbocycles. The monoisotopic (exact) mass is 563 g/mol. The maximum absolute atomic E-state index is 14.3. The first-order valence-corrected chi connectivity index (χ1v) is 14.1. The zero-order chi connectivity index (χ0) is 27.8. The van der Waals surface area contributed by atoms with Crippen LogP contribution in [0.3, 0.4) is 0 Å². The molecule has 1 atom stereocenters. The second kappa shape index (κ2) is 11.0. The summed E-state index contributed by atoms with van der Waals surface area (Å²) in [5.41, 5.74) is 11.0. The molecular weight excluding hydrogens is 535 g/mol. The zero-order valence-electron chi connectivity index (χ0n) is 21.8. The van der Waals surface area contributed by atoms with Gasteiger partial charge in [0.15, 0.2) is 5.75 Å². The molecule has 0 aliphatic heterocycles. The lowest BCUT2D eigenvalue weighted by molar-refractivity contribution is 0.0958. The highest BCUT2D eigenvalue weighted by Gasteiger charge is 2.25. The van der Waals surface area contributed by atoms with Gasteiger partial charge in [-0.2, -0.15) is 0 Å². The Bertz CT molecular complexity index is 1710. The molecule has 5 aromatic rings. The van der Waals surface area contributed by atoms with Crippen LogP contribution < -0.4 is 15.8 Å². The first kappa shape index (κ1) is 26.5. The number of hydrogen-bond donors (Lipinski definition) is 2. The lowest BCUT2D eigenvalue weighted by atomic mass is 9.91. The summed E-state index contributed by atoms with van der Waals surface area (Å²) in [6.45, 7) is 1.51. The second-order valence-electron chi connectivity index (χ2n) is 10.2. The average molecular weight is 564 g/mol. The molecule has 10 heteroatoms. The van der Waals surface area contributed by atoms with Gasteiger partial charge in [-0.1, -0.05) is 18.2 Å². The van der Waals surface area contributed by atoms with Gasteiger partial charge in [-0.3, -0.25) is 4.99 Å². The summed E-state index contributed by atoms with van der Waals surface area (Å²) < 4.78 is 47.1. The number of halogens is 3. The van der Waals surface area contributed by atoms with E-state index in [4.69, 9.17) is 20.4 Å². The van der Waals surface area contributed by atoms with Gasteiger partial charge in [-0.15, -0.1) is 11.3 Å². The van der Waals surface area contributed by atoms with Crippen LogP contribution in [0.4, 0.5) is 13.2 Å². The van der Waals surface area contributed by atoms with Crippen molar-refractivity contribution in [3.8, 4) is 11.5 Å². The Morgan fingerprint density at radius 3 is 2.67 bits per heavy atom. The summed E-state index contributed by atoms with van der Waals surface area (Å²) in [5, 5.41) is 4.81. The third-order valence-electron chi connectivity index (χ3n) is 7.37. The van der Waals surface area contributed by atoms with Gasteiger partial charge in [-0.05, 0) is 56.9 Å². The van der Waals surface area contributed by atoms with E-state index in [-0.39, 0.29) is 12.1 Å². The number of thiazole rings is 1. The number of fused-ring (bicyclic) bond motifs is 3. The Balaban J connectivity index is 1.35. The Labute approximate surface area is 233 Å². The first-order chi connectivity index (χ1) is 19.3. The van der Waals surface area contributed by atoms with Gasteiger partial charge in [0.05, 0.1) is 33.3 Å². The summed E-state index contributed by atoms with van der Waals surface area (Å²) in [6.07, 6.45) is 0.594. The fraction of sp³-hybridized carbons (Fsp3) is 0.300. The third-order valence-corrected chi connectivity index (χ3v) is 8.15. The average Bonchev–Trinajstić information content (AvgIpc) is 3.41. The molecule has 0 saturated heterocycles. The van der Waals surface area contributed by atoms with E-state index >= 15 is 0 Å². The van der Waals surface area contributed by atoms with Crippen molar-refractivity contribution >= 4 is 49.2 Å². The quantitative estimate of drug-likeness (QED) is 0.124. The third kappa shape index (κ3) is 5.46. The van der Waals surface area contributed by atoms with Gasteiger partial charge < -0.3 is 15.8 Å². The number of pyridine rings is 1. The highest BCUT2D eigenvalue weighted by Crippen LogP contribution is 2.35. The van der Waals surface area contributed by atoms with Crippen LogP contribution in [0.15, 0.2) is 65.1 Å². The molecule has 0 bridgehead atoms. The number of benzene rings is 3. The SMILES string of the molecule is CC(NC1CCC(N=C(N)c2cc(Oc3cc(F)cc4scnc34)cc3nc4ccccc4cc23)CC1)C(F)F. The number of rotatable bonds is 7. The van der Waals surface area contributed by atoms with Crippen LogP contribution >= 0.6 is 11.3 Å². The number of aliphatic imine (C=N–C) groups is 1. The minimum absolute atomic E-state index is 0.0224. The molecule has 2 aromatic heterocycles. The standard InChI is InChI=1S/C30H28F3N5OS/c1-16(29(32)33)36-19-6-8-20(9-7-19)37-30(34)23-13-21(39-26-11-18(31)12-27-28(26)35-15-40-27)14-25-22(23)10-17-4-2-3-5-24(17)38-25/h2-5,10-16,19-20,29,36H,6-9H2,1H3,(H2,34,37). The number of aromatic nitrogens is 2. The van der Waals surface area contributed by atoms with Gasteiger partial charge >= 0.3 is 0 Å². The van der Waals surface area contributed by atoms with Crippen LogP contribution in [-0.4, -0.2) is 40.4 Å². The number of ether oxygens (including phenoxy) is 1. The number of amidine groups is 1. The van der Waals surface area contributed by atoms with Gasteiger partial charge in [-0.25, -0.2) is 23.1 Å². The molecule has 1 unspecified atom stereocenters. The van der Waals surface area contributed by atoms with Crippen molar-refractivity contribution < 1.29 is 17.9 Å². The molecule has 1 fully saturated rings. The van der Waals surface area contributed by atoms with Crippen molar-refractivity contribution in [2.75, 3.05) is 0 Å². The fourth-order valence-corrected chi connectivity index (χ4v) is 6.03. The molecule has 6 rings (SSSR count). The topological polar surface area (TPSA) is 85.4 Å². The van der Waals surface area contributed by atoms with E-state index in [0.29, 0.717) is 38.6 Å². The van der Waals surface area contributed by atoms with E-state index in [0.717, 1.165) is 42.0 Å². The lowest BCUT2D eigenvalue weighted by Crippen LogP contribution is -2.43. The van der Waals surface area contributed by atoms with Crippen LogP contribution in [0.2, 0.25) is 0 Å². The summed E-state index contributed by atoms with van der Waals surface area (Å²) in [7, 11) is 0. The Hall–Kier alpha value is -3.76. The second-order valence-corrected chi connectivity index (χ2v) is 11.1. The number of para-hydroxylation sites is 1. The van der Waals surface area contributed by atoms with Crippen molar-refractivity contribution in [3.05, 3.63) is 71.5 Å². The Morgan fingerprint density at radius 2 is 1.88 bits per heavy atom. The number of alkyl halides is 2. The maximum atomic E-state index is 14.3. The van der Waals surface area contributed by atoms with E-state index in [2.05, 4.69) is 10.3 Å². The maximum Gasteiger partial charge on any atom is 0.253 e. The molecule has 206 valence electrons. The summed E-state index contributed by atoms with van der Waals surface area (Å²) in [5.74, 6) is 0.688. The molecule has 40 heavy (non-hydrogen) atoms. The first-order valence-electron chi connectivity index (χ1n) is 13.3. The van der Waals surface area contributed by atoms with Crippen LogP contribution in [0, 0.1) is 5.82 Å². The fourth-order valence-electron chi connectivity index (χ4n) is 5.31. The van der Waals surface area contributed by atoms with E-state index < -0.39 is 18.3 Å². The minimum atomic E-state index is -2.39. The van der Waals surface area contributed by atoms with E-state index in [1.165, 1.54) is 30.4 Å². The molecule has 0 spiro atoms. The van der Waals surface area contributed by atoms with E-state index in [1.807, 2.05) is 36.4 Å². The number of nitrogens with two attached hydrogens (primary N) is 1. The summed E-state index contributed by atoms with van der Waals surface area (Å²) >= 11 is 1.34. The molecule has 1 saturated carbocycles. The normalized spacial score (nSPS) is 19.1. The molecule has 2 heterocycles. The minimum Gasteiger partial charge on any atom is -0.455 e. The van der Waals surface area contributed by atoms with Crippen molar-refractivity contribution in [2.24, 2.45) is 10.7 Å². The predicted molar refractivity (Wildman–Crippen MR) is 154 cm³/mol.